The van der Waals surface area contributed by atoms with Crippen molar-refractivity contribution in [1.82, 2.24) is 0 Å². The second-order valence-electron chi connectivity index (χ2n) is 6.58. The molecule has 0 heterocycles. The smallest absolute Gasteiger partial charge is 0.197 e. The largest absolute Gasteiger partial charge is 0.493 e. The minimum absolute atomic E-state index is 0.123. The van der Waals surface area contributed by atoms with Gasteiger partial charge in [0.15, 0.2) is 41.9 Å². The van der Waals surface area contributed by atoms with Crippen LogP contribution in [0.3, 0.4) is 0 Å². The molecule has 1 unspecified atom stereocenters. The molecule has 0 aliphatic carbocycles. The molecule has 2 aromatic carbocycles. The summed E-state index contributed by atoms with van der Waals surface area (Å²) in [4.78, 5) is 12.3. The third-order valence-electron chi connectivity index (χ3n) is 4.28. The number of hydrogen-bond donors (Lipinski definition) is 0. The van der Waals surface area contributed by atoms with Crippen LogP contribution in [0.25, 0.3) is 12.2 Å². The van der Waals surface area contributed by atoms with Gasteiger partial charge in [-0.1, -0.05) is 24.3 Å². The summed E-state index contributed by atoms with van der Waals surface area (Å²) in [5, 5.41) is 0. The molecule has 7 nitrogen and oxygen atoms in total. The van der Waals surface area contributed by atoms with Gasteiger partial charge in [-0.15, -0.1) is 0 Å². The lowest BCUT2D eigenvalue weighted by atomic mass is 10.1. The predicted octanol–water partition coefficient (Wildman–Crippen LogP) is 4.74. The summed E-state index contributed by atoms with van der Waals surface area (Å²) in [6.07, 6.45) is 5.98. The van der Waals surface area contributed by atoms with Crippen molar-refractivity contribution in [3.05, 3.63) is 59.7 Å². The van der Waals surface area contributed by atoms with Gasteiger partial charge in [0.25, 0.3) is 0 Å². The molecule has 2 aromatic rings. The van der Waals surface area contributed by atoms with Crippen molar-refractivity contribution in [3.8, 4) is 23.0 Å². The molecule has 1 atom stereocenters. The first-order chi connectivity index (χ1) is 15.5. The number of rotatable bonds is 13. The molecule has 172 valence electrons. The van der Waals surface area contributed by atoms with Crippen LogP contribution in [0.2, 0.25) is 0 Å². The average molecular weight is 443 g/mol. The molecular formula is C25H30O7. The van der Waals surface area contributed by atoms with Crippen molar-refractivity contribution >= 4 is 17.9 Å². The topological polar surface area (TPSA) is 72.5 Å². The van der Waals surface area contributed by atoms with Gasteiger partial charge in [-0.3, -0.25) is 4.79 Å². The van der Waals surface area contributed by atoms with Gasteiger partial charge in [-0.2, -0.15) is 0 Å². The normalized spacial score (nSPS) is 12.2. The van der Waals surface area contributed by atoms with Gasteiger partial charge in [0.05, 0.1) is 14.2 Å². The fraction of sp³-hybridized carbons (Fsp3) is 0.320. The molecular weight excluding hydrogens is 412 g/mol. The van der Waals surface area contributed by atoms with Crippen LogP contribution in [-0.2, 0) is 14.3 Å². The summed E-state index contributed by atoms with van der Waals surface area (Å²) in [5.41, 5.74) is 1.60. The highest BCUT2D eigenvalue weighted by atomic mass is 16.7. The maximum Gasteiger partial charge on any atom is 0.197 e. The Labute approximate surface area is 189 Å². The minimum atomic E-state index is -0.416. The minimum Gasteiger partial charge on any atom is -0.493 e. The zero-order valence-electron chi connectivity index (χ0n) is 19.1. The standard InChI is InChI=1S/C25H30O7/c1-6-30-18(2)32-25-16-20(9-13-22(25)28-4)8-12-21(26)11-7-19-10-14-23(31-17-27-3)24(15-19)29-5/h7-16,18H,6,17H2,1-5H3/b11-7+,12-8+. The second-order valence-corrected chi connectivity index (χ2v) is 6.58. The van der Waals surface area contributed by atoms with Crippen molar-refractivity contribution in [1.29, 1.82) is 0 Å². The molecule has 32 heavy (non-hydrogen) atoms. The summed E-state index contributed by atoms with van der Waals surface area (Å²) >= 11 is 0. The third kappa shape index (κ3) is 7.76. The predicted molar refractivity (Wildman–Crippen MR) is 123 cm³/mol. The van der Waals surface area contributed by atoms with Gasteiger partial charge in [0.2, 0.25) is 0 Å². The van der Waals surface area contributed by atoms with Crippen LogP contribution in [0.4, 0.5) is 0 Å². The van der Waals surface area contributed by atoms with E-state index in [2.05, 4.69) is 0 Å². The van der Waals surface area contributed by atoms with E-state index in [1.54, 1.807) is 57.7 Å². The number of carbonyl (C=O) groups excluding carboxylic acids is 1. The molecule has 0 aliphatic heterocycles. The Bertz CT molecular complexity index is 934. The molecule has 0 fully saturated rings. The van der Waals surface area contributed by atoms with Crippen LogP contribution < -0.4 is 18.9 Å². The highest BCUT2D eigenvalue weighted by Gasteiger charge is 2.09. The first-order valence-electron chi connectivity index (χ1n) is 10.2. The first kappa shape index (κ1) is 25.0. The van der Waals surface area contributed by atoms with Crippen molar-refractivity contribution in [3.63, 3.8) is 0 Å². The van der Waals surface area contributed by atoms with Crippen molar-refractivity contribution in [2.24, 2.45) is 0 Å². The highest BCUT2D eigenvalue weighted by molar-refractivity contribution is 6.04. The van der Waals surface area contributed by atoms with E-state index in [1.165, 1.54) is 12.2 Å². The summed E-state index contributed by atoms with van der Waals surface area (Å²) in [7, 11) is 4.67. The first-order valence-corrected chi connectivity index (χ1v) is 10.2. The van der Waals surface area contributed by atoms with Crippen molar-refractivity contribution in [2.75, 3.05) is 34.7 Å². The quantitative estimate of drug-likeness (QED) is 0.328. The number of methoxy groups -OCH3 is 3. The van der Waals surface area contributed by atoms with Crippen LogP contribution in [0, 0.1) is 0 Å². The summed E-state index contributed by atoms with van der Waals surface area (Å²) in [6.45, 7) is 4.37. The maximum atomic E-state index is 12.3. The molecule has 0 spiro atoms. The van der Waals surface area contributed by atoms with Gasteiger partial charge in [0.1, 0.15) is 0 Å². The molecule has 0 amide bonds. The van der Waals surface area contributed by atoms with Crippen molar-refractivity contribution < 1.29 is 33.2 Å². The zero-order valence-corrected chi connectivity index (χ0v) is 19.1. The Morgan fingerprint density at radius 3 is 2.03 bits per heavy atom. The number of ether oxygens (including phenoxy) is 6. The second kappa shape index (κ2) is 13.2. The zero-order chi connectivity index (χ0) is 23.3. The summed E-state index contributed by atoms with van der Waals surface area (Å²) in [5.74, 6) is 2.09. The number of allylic oxidation sites excluding steroid dienone is 2. The average Bonchev–Trinajstić information content (AvgIpc) is 2.80. The summed E-state index contributed by atoms with van der Waals surface area (Å²) < 4.78 is 32.2. The van der Waals surface area contributed by atoms with Crippen LogP contribution in [0.5, 0.6) is 23.0 Å². The van der Waals surface area contributed by atoms with E-state index in [0.29, 0.717) is 29.6 Å². The lowest BCUT2D eigenvalue weighted by Gasteiger charge is -2.17. The molecule has 2 rings (SSSR count). The van der Waals surface area contributed by atoms with E-state index in [-0.39, 0.29) is 12.6 Å². The van der Waals surface area contributed by atoms with Crippen LogP contribution in [-0.4, -0.2) is 46.8 Å². The molecule has 0 radical (unpaired) electrons. The Morgan fingerprint density at radius 2 is 1.47 bits per heavy atom. The Hall–Kier alpha value is -3.29. The van der Waals surface area contributed by atoms with E-state index in [0.717, 1.165) is 11.1 Å². The highest BCUT2D eigenvalue weighted by Crippen LogP contribution is 2.30. The maximum absolute atomic E-state index is 12.3. The SMILES string of the molecule is CCOC(C)Oc1cc(/C=C/C(=O)/C=C/c2ccc(OCOC)c(OC)c2)ccc1OC. The van der Waals surface area contributed by atoms with E-state index < -0.39 is 6.29 Å². The number of ketones is 1. The van der Waals surface area contributed by atoms with Crippen LogP contribution in [0.1, 0.15) is 25.0 Å². The Balaban J connectivity index is 2.07. The molecule has 0 aromatic heterocycles. The molecule has 0 N–H and O–H groups in total. The Morgan fingerprint density at radius 1 is 0.875 bits per heavy atom. The molecule has 7 heteroatoms. The lowest BCUT2D eigenvalue weighted by Crippen LogP contribution is -2.16. The van der Waals surface area contributed by atoms with E-state index >= 15 is 0 Å². The van der Waals surface area contributed by atoms with Gasteiger partial charge >= 0.3 is 0 Å². The number of hydrogen-bond acceptors (Lipinski definition) is 7. The van der Waals surface area contributed by atoms with E-state index in [9.17, 15) is 4.79 Å². The van der Waals surface area contributed by atoms with Crippen LogP contribution >= 0.6 is 0 Å². The van der Waals surface area contributed by atoms with E-state index in [4.69, 9.17) is 28.4 Å². The van der Waals surface area contributed by atoms with Gasteiger partial charge in [-0.05, 0) is 61.4 Å². The van der Waals surface area contributed by atoms with Crippen molar-refractivity contribution in [2.45, 2.75) is 20.1 Å². The Kier molecular flexibility index (Phi) is 10.3. The molecule has 0 aliphatic rings. The summed E-state index contributed by atoms with van der Waals surface area (Å²) in [6, 6.07) is 10.8. The lowest BCUT2D eigenvalue weighted by molar-refractivity contribution is -0.110. The van der Waals surface area contributed by atoms with Gasteiger partial charge < -0.3 is 28.4 Å². The third-order valence-corrected chi connectivity index (χ3v) is 4.28. The fourth-order valence-electron chi connectivity index (χ4n) is 2.78. The number of carbonyl (C=O) groups is 1. The van der Waals surface area contributed by atoms with Gasteiger partial charge in [-0.25, -0.2) is 0 Å². The van der Waals surface area contributed by atoms with E-state index in [1.807, 2.05) is 26.0 Å². The molecule has 0 saturated heterocycles. The fourth-order valence-corrected chi connectivity index (χ4v) is 2.78. The monoisotopic (exact) mass is 442 g/mol. The van der Waals surface area contributed by atoms with Crippen LogP contribution in [0.15, 0.2) is 48.6 Å². The molecule has 0 bridgehead atoms. The number of benzene rings is 2. The van der Waals surface area contributed by atoms with Gasteiger partial charge in [0, 0.05) is 13.7 Å². The molecule has 0 saturated carbocycles.